The predicted octanol–water partition coefficient (Wildman–Crippen LogP) is -0.328. The number of hydrogen-bond donors (Lipinski definition) is 2. The van der Waals surface area contributed by atoms with Crippen molar-refractivity contribution in [1.29, 1.82) is 0 Å². The van der Waals surface area contributed by atoms with Crippen molar-refractivity contribution in [2.45, 2.75) is 0 Å². The first-order valence-electron chi connectivity index (χ1n) is 5.54. The van der Waals surface area contributed by atoms with Crippen molar-refractivity contribution < 1.29 is 8.42 Å². The van der Waals surface area contributed by atoms with Gasteiger partial charge in [-0.2, -0.15) is 20.1 Å². The van der Waals surface area contributed by atoms with Crippen LogP contribution >= 0.6 is 11.6 Å². The quantitative estimate of drug-likeness (QED) is 0.701. The molecule has 0 bridgehead atoms. The summed E-state index contributed by atoms with van der Waals surface area (Å²) in [4.78, 5) is 11.9. The molecule has 0 spiro atoms. The number of nitrogens with one attached hydrogen (secondary N) is 2. The molecule has 0 saturated carbocycles. The van der Waals surface area contributed by atoms with E-state index in [1.54, 1.807) is 18.5 Å². The van der Waals surface area contributed by atoms with E-state index in [1.807, 2.05) is 0 Å². The second kappa shape index (κ2) is 6.11. The van der Waals surface area contributed by atoms with Crippen molar-refractivity contribution in [3.05, 3.63) is 23.7 Å². The van der Waals surface area contributed by atoms with Crippen LogP contribution in [0.1, 0.15) is 0 Å². The third-order valence-corrected chi connectivity index (χ3v) is 2.98. The maximum atomic E-state index is 10.9. The second-order valence-corrected chi connectivity index (χ2v) is 5.94. The van der Waals surface area contributed by atoms with Gasteiger partial charge in [0.25, 0.3) is 5.95 Å². The van der Waals surface area contributed by atoms with E-state index >= 15 is 0 Å². The van der Waals surface area contributed by atoms with Crippen molar-refractivity contribution in [2.75, 3.05) is 24.7 Å². The molecule has 0 amide bonds. The fourth-order valence-corrected chi connectivity index (χ4v) is 1.95. The molecule has 0 aliphatic carbocycles. The van der Waals surface area contributed by atoms with Crippen LogP contribution in [-0.2, 0) is 10.0 Å². The monoisotopic (exact) mass is 317 g/mol. The van der Waals surface area contributed by atoms with Gasteiger partial charge in [0.2, 0.25) is 21.3 Å². The van der Waals surface area contributed by atoms with Crippen LogP contribution in [0, 0.1) is 0 Å². The number of nitrogens with zero attached hydrogens (tertiary/aromatic N) is 5. The Morgan fingerprint density at radius 3 is 2.75 bits per heavy atom. The average molecular weight is 318 g/mol. The minimum atomic E-state index is -3.21. The van der Waals surface area contributed by atoms with E-state index in [0.29, 0.717) is 6.54 Å². The molecule has 0 aromatic carbocycles. The fraction of sp³-hybridized carbons (Fsp3) is 0.333. The minimum absolute atomic E-state index is 0.0177. The Kier molecular flexibility index (Phi) is 4.47. The van der Waals surface area contributed by atoms with Gasteiger partial charge in [0.05, 0.1) is 6.26 Å². The molecule has 0 fully saturated rings. The van der Waals surface area contributed by atoms with E-state index in [2.05, 4.69) is 30.1 Å². The molecule has 0 atom stereocenters. The van der Waals surface area contributed by atoms with Gasteiger partial charge in [-0.3, -0.25) is 0 Å². The molecule has 20 heavy (non-hydrogen) atoms. The summed E-state index contributed by atoms with van der Waals surface area (Å²) in [6.45, 7) is 0.519. The van der Waals surface area contributed by atoms with Crippen molar-refractivity contribution in [3.63, 3.8) is 0 Å². The first-order valence-corrected chi connectivity index (χ1v) is 7.81. The topological polar surface area (TPSA) is 115 Å². The summed E-state index contributed by atoms with van der Waals surface area (Å²) in [5, 5.41) is 6.85. The Hall–Kier alpha value is -1.78. The van der Waals surface area contributed by atoms with Crippen LogP contribution in [0.15, 0.2) is 18.5 Å². The van der Waals surface area contributed by atoms with Gasteiger partial charge in [0.1, 0.15) is 0 Å². The molecule has 0 saturated heterocycles. The number of anilines is 1. The third kappa shape index (κ3) is 4.40. The molecule has 2 rings (SSSR count). The summed E-state index contributed by atoms with van der Waals surface area (Å²) in [5.41, 5.74) is 0. The van der Waals surface area contributed by atoms with E-state index in [0.717, 1.165) is 6.26 Å². The summed E-state index contributed by atoms with van der Waals surface area (Å²) < 4.78 is 25.6. The number of hydrogen-bond acceptors (Lipinski definition) is 7. The van der Waals surface area contributed by atoms with Gasteiger partial charge in [-0.15, -0.1) is 0 Å². The van der Waals surface area contributed by atoms with Gasteiger partial charge in [0, 0.05) is 25.5 Å². The normalized spacial score (nSPS) is 11.5. The zero-order chi connectivity index (χ0) is 14.6. The zero-order valence-corrected chi connectivity index (χ0v) is 12.1. The molecular weight excluding hydrogens is 306 g/mol. The summed E-state index contributed by atoms with van der Waals surface area (Å²) in [7, 11) is -3.21. The fourth-order valence-electron chi connectivity index (χ4n) is 1.32. The van der Waals surface area contributed by atoms with Crippen LogP contribution in [-0.4, -0.2) is 52.5 Å². The van der Waals surface area contributed by atoms with E-state index in [4.69, 9.17) is 11.6 Å². The zero-order valence-electron chi connectivity index (χ0n) is 10.5. The van der Waals surface area contributed by atoms with E-state index < -0.39 is 10.0 Å². The highest BCUT2D eigenvalue weighted by Gasteiger charge is 2.07. The highest BCUT2D eigenvalue weighted by atomic mass is 35.5. The summed E-state index contributed by atoms with van der Waals surface area (Å²) >= 11 is 5.80. The van der Waals surface area contributed by atoms with Gasteiger partial charge < -0.3 is 5.32 Å². The standard InChI is InChI=1S/C9H12ClN7O2S/c1-20(18,19)13-5-4-11-8-14-7(10)15-9(16-8)17-6-2-3-12-17/h2-3,6,13H,4-5H2,1H3,(H,11,14,15,16). The predicted molar refractivity (Wildman–Crippen MR) is 73.3 cm³/mol. The van der Waals surface area contributed by atoms with Gasteiger partial charge in [-0.1, -0.05) is 0 Å². The molecule has 9 nitrogen and oxygen atoms in total. The SMILES string of the molecule is CS(=O)(=O)NCCNc1nc(Cl)nc(-n2cccn2)n1. The van der Waals surface area contributed by atoms with E-state index in [1.165, 1.54) is 4.68 Å². The van der Waals surface area contributed by atoms with Crippen LogP contribution in [0.4, 0.5) is 5.95 Å². The molecule has 0 aliphatic rings. The highest BCUT2D eigenvalue weighted by molar-refractivity contribution is 7.88. The Balaban J connectivity index is 2.02. The minimum Gasteiger partial charge on any atom is -0.353 e. The van der Waals surface area contributed by atoms with Crippen molar-refractivity contribution in [3.8, 4) is 5.95 Å². The third-order valence-electron chi connectivity index (χ3n) is 2.08. The lowest BCUT2D eigenvalue weighted by atomic mass is 10.6. The molecule has 0 aliphatic heterocycles. The molecule has 108 valence electrons. The lowest BCUT2D eigenvalue weighted by Gasteiger charge is -2.07. The van der Waals surface area contributed by atoms with Gasteiger partial charge in [-0.25, -0.2) is 17.8 Å². The van der Waals surface area contributed by atoms with Gasteiger partial charge >= 0.3 is 0 Å². The number of halogens is 1. The van der Waals surface area contributed by atoms with Gasteiger partial charge in [0.15, 0.2) is 0 Å². The molecule has 0 unspecified atom stereocenters. The second-order valence-electron chi connectivity index (χ2n) is 3.77. The number of sulfonamides is 1. The first kappa shape index (κ1) is 14.6. The molecule has 2 aromatic heterocycles. The van der Waals surface area contributed by atoms with Gasteiger partial charge in [-0.05, 0) is 17.7 Å². The van der Waals surface area contributed by atoms with Crippen molar-refractivity contribution in [1.82, 2.24) is 29.5 Å². The van der Waals surface area contributed by atoms with Crippen LogP contribution in [0.5, 0.6) is 0 Å². The van der Waals surface area contributed by atoms with Crippen LogP contribution in [0.2, 0.25) is 5.28 Å². The summed E-state index contributed by atoms with van der Waals surface area (Å²) in [5.74, 6) is 0.513. The Morgan fingerprint density at radius 2 is 2.10 bits per heavy atom. The molecule has 2 aromatic rings. The summed E-state index contributed by atoms with van der Waals surface area (Å²) in [6.07, 6.45) is 4.34. The smallest absolute Gasteiger partial charge is 0.256 e. The van der Waals surface area contributed by atoms with Crippen molar-refractivity contribution >= 4 is 27.6 Å². The van der Waals surface area contributed by atoms with Crippen LogP contribution in [0.3, 0.4) is 0 Å². The van der Waals surface area contributed by atoms with Crippen molar-refractivity contribution in [2.24, 2.45) is 0 Å². The highest BCUT2D eigenvalue weighted by Crippen LogP contribution is 2.08. The van der Waals surface area contributed by atoms with Crippen LogP contribution < -0.4 is 10.0 Å². The number of rotatable bonds is 6. The average Bonchev–Trinajstić information content (AvgIpc) is 2.86. The Bertz CT molecular complexity index is 674. The first-order chi connectivity index (χ1) is 9.44. The molecule has 0 radical (unpaired) electrons. The lowest BCUT2D eigenvalue weighted by molar-refractivity contribution is 0.589. The lowest BCUT2D eigenvalue weighted by Crippen LogP contribution is -2.28. The van der Waals surface area contributed by atoms with Crippen LogP contribution in [0.25, 0.3) is 5.95 Å². The number of aromatic nitrogens is 5. The molecule has 2 heterocycles. The van der Waals surface area contributed by atoms with E-state index in [9.17, 15) is 8.42 Å². The molecule has 2 N–H and O–H groups in total. The molecule has 11 heteroatoms. The van der Waals surface area contributed by atoms with E-state index in [-0.39, 0.29) is 23.7 Å². The maximum Gasteiger partial charge on any atom is 0.256 e. The Labute approximate surface area is 120 Å². The maximum absolute atomic E-state index is 10.9. The Morgan fingerprint density at radius 1 is 1.30 bits per heavy atom. The molecular formula is C9H12ClN7O2S. The largest absolute Gasteiger partial charge is 0.353 e. The summed E-state index contributed by atoms with van der Waals surface area (Å²) in [6, 6.07) is 1.72.